The van der Waals surface area contributed by atoms with Crippen LogP contribution in [0.25, 0.3) is 0 Å². The van der Waals surface area contributed by atoms with Gasteiger partial charge in [0.25, 0.3) is 0 Å². The Bertz CT molecular complexity index is 342. The molecule has 0 bridgehead atoms. The maximum absolute atomic E-state index is 10.5. The van der Waals surface area contributed by atoms with E-state index in [-0.39, 0.29) is 27.4 Å². The zero-order valence-electron chi connectivity index (χ0n) is 6.84. The summed E-state index contributed by atoms with van der Waals surface area (Å²) in [5, 5.41) is 8.89. The molecule has 0 amide bonds. The van der Waals surface area contributed by atoms with E-state index in [4.69, 9.17) is 34.0 Å². The lowest BCUT2D eigenvalue weighted by molar-refractivity contribution is 0.0697. The predicted molar refractivity (Wildman–Crippen MR) is 53.8 cm³/mol. The second-order valence-electron chi connectivity index (χ2n) is 2.16. The van der Waals surface area contributed by atoms with Gasteiger partial charge in [0.1, 0.15) is 0 Å². The number of nitrogen functional groups attached to an aromatic ring is 1. The molecule has 72 valence electrons. The van der Waals surface area contributed by atoms with E-state index in [0.29, 0.717) is 0 Å². The Morgan fingerprint density at radius 1 is 1.38 bits per heavy atom. The van der Waals surface area contributed by atoms with Gasteiger partial charge in [0, 0.05) is 5.02 Å². The number of nitrogens with two attached hydrogens (primary N) is 1. The molecule has 0 unspecified atom stereocenters. The monoisotopic (exact) mass is 223 g/mol. The second-order valence-corrected chi connectivity index (χ2v) is 2.98. The zero-order chi connectivity index (χ0) is 9.30. The van der Waals surface area contributed by atoms with Crippen molar-refractivity contribution in [1.29, 1.82) is 0 Å². The first-order chi connectivity index (χ1) is 5.52. The molecule has 0 aliphatic heterocycles. The highest BCUT2D eigenvalue weighted by molar-refractivity contribution is 6.37. The van der Waals surface area contributed by atoms with Gasteiger partial charge < -0.3 is 17.0 Å². The Kier molecular flexibility index (Phi) is 4.00. The minimum Gasteiger partial charge on any atom is -0.478 e. The number of carboxylic acid groups (broad SMARTS) is 1. The molecule has 7 N–H and O–H groups in total. The summed E-state index contributed by atoms with van der Waals surface area (Å²) in [5.41, 5.74) is 5.47. The molecule has 0 radical (unpaired) electrons. The summed E-state index contributed by atoms with van der Waals surface area (Å²) in [6.07, 6.45) is 0. The first-order valence-electron chi connectivity index (χ1n) is 3.00. The van der Waals surface area contributed by atoms with Gasteiger partial charge in [0.2, 0.25) is 0 Å². The van der Waals surface area contributed by atoms with Crippen molar-refractivity contribution in [1.82, 2.24) is 6.15 Å². The summed E-state index contributed by atoms with van der Waals surface area (Å²) >= 11 is 11.2. The van der Waals surface area contributed by atoms with Crippen molar-refractivity contribution in [3.63, 3.8) is 0 Å². The van der Waals surface area contributed by atoms with Crippen LogP contribution in [0.5, 0.6) is 0 Å². The van der Waals surface area contributed by atoms with Crippen LogP contribution in [0.15, 0.2) is 12.1 Å². The number of quaternary nitrogens is 1. The number of aromatic carboxylic acids is 1. The third kappa shape index (κ3) is 2.48. The molecule has 1 aromatic carbocycles. The highest BCUT2D eigenvalue weighted by Crippen LogP contribution is 2.27. The third-order valence-corrected chi connectivity index (χ3v) is 1.94. The molecule has 13 heavy (non-hydrogen) atoms. The van der Waals surface area contributed by atoms with Crippen LogP contribution < -0.4 is 11.9 Å². The van der Waals surface area contributed by atoms with Gasteiger partial charge in [0.15, 0.2) is 0 Å². The summed E-state index contributed by atoms with van der Waals surface area (Å²) in [6.45, 7) is 0. The Hall–Kier alpha value is -0.970. The fourth-order valence-corrected chi connectivity index (χ4v) is 1.18. The van der Waals surface area contributed by atoms with Crippen LogP contribution in [0, 0.1) is 0 Å². The minimum atomic E-state index is -1.14. The number of hydrogen-bond acceptors (Lipinski definition) is 2. The standard InChI is InChI=1S/C7H5Cl2NO2.H3N/c8-3-1-4(7(11)12)6(9)5(10)2-3;/h1-2H,10H2,(H,11,12);1H3/p+1. The van der Waals surface area contributed by atoms with Gasteiger partial charge in [-0.05, 0) is 12.1 Å². The lowest BCUT2D eigenvalue weighted by Gasteiger charge is -2.02. The molecule has 0 spiro atoms. The topological polar surface area (TPSA) is 99.8 Å². The molecule has 0 atom stereocenters. The van der Waals surface area contributed by atoms with Crippen LogP contribution >= 0.6 is 23.2 Å². The van der Waals surface area contributed by atoms with Crippen molar-refractivity contribution in [2.24, 2.45) is 0 Å². The number of carbonyl (C=O) groups is 1. The number of hydrogen-bond donors (Lipinski definition) is 3. The van der Waals surface area contributed by atoms with E-state index >= 15 is 0 Å². The van der Waals surface area contributed by atoms with Crippen LogP contribution in [0.2, 0.25) is 10.0 Å². The van der Waals surface area contributed by atoms with Gasteiger partial charge in [-0.1, -0.05) is 23.2 Å². The third-order valence-electron chi connectivity index (χ3n) is 1.30. The van der Waals surface area contributed by atoms with E-state index in [0.717, 1.165) is 0 Å². The van der Waals surface area contributed by atoms with E-state index in [1.54, 1.807) is 0 Å². The van der Waals surface area contributed by atoms with Gasteiger partial charge in [-0.2, -0.15) is 0 Å². The number of anilines is 1. The fourth-order valence-electron chi connectivity index (χ4n) is 0.766. The Labute approximate surface area is 84.8 Å². The number of benzene rings is 1. The van der Waals surface area contributed by atoms with E-state index in [1.807, 2.05) is 0 Å². The van der Waals surface area contributed by atoms with E-state index in [1.165, 1.54) is 12.1 Å². The Balaban J connectivity index is 0.00000144. The molecule has 0 saturated heterocycles. The fraction of sp³-hybridized carbons (Fsp3) is 0. The van der Waals surface area contributed by atoms with Gasteiger partial charge in [0.05, 0.1) is 16.3 Å². The minimum absolute atomic E-state index is 0. The largest absolute Gasteiger partial charge is 0.478 e. The van der Waals surface area contributed by atoms with Crippen LogP contribution in [0.3, 0.4) is 0 Å². The molecular formula is C7H9Cl2N2O2+. The van der Waals surface area contributed by atoms with Crippen molar-refractivity contribution in [2.75, 3.05) is 5.73 Å². The van der Waals surface area contributed by atoms with Gasteiger partial charge >= 0.3 is 5.97 Å². The first-order valence-corrected chi connectivity index (χ1v) is 3.76. The molecule has 0 aliphatic rings. The van der Waals surface area contributed by atoms with Crippen LogP contribution in [0.4, 0.5) is 5.69 Å². The Morgan fingerprint density at radius 3 is 2.38 bits per heavy atom. The number of carboxylic acids is 1. The normalized spacial score (nSPS) is 9.08. The predicted octanol–water partition coefficient (Wildman–Crippen LogP) is 2.65. The molecule has 0 aliphatic carbocycles. The van der Waals surface area contributed by atoms with Crippen LogP contribution in [-0.2, 0) is 0 Å². The summed E-state index contributed by atoms with van der Waals surface area (Å²) in [5.74, 6) is -1.14. The summed E-state index contributed by atoms with van der Waals surface area (Å²) in [7, 11) is 0. The van der Waals surface area contributed by atoms with Gasteiger partial charge in [-0.15, -0.1) is 0 Å². The molecule has 1 aromatic rings. The maximum Gasteiger partial charge on any atom is 0.337 e. The lowest BCUT2D eigenvalue weighted by Crippen LogP contribution is -2.00. The molecule has 0 heterocycles. The quantitative estimate of drug-likeness (QED) is 0.639. The maximum atomic E-state index is 10.5. The summed E-state index contributed by atoms with van der Waals surface area (Å²) in [4.78, 5) is 10.5. The average molecular weight is 224 g/mol. The summed E-state index contributed by atoms with van der Waals surface area (Å²) < 4.78 is 0. The SMILES string of the molecule is Nc1cc(Cl)cc(C(=O)O)c1Cl.[NH4+]. The molecule has 4 nitrogen and oxygen atoms in total. The van der Waals surface area contributed by atoms with Gasteiger partial charge in [-0.25, -0.2) is 4.79 Å². The van der Waals surface area contributed by atoms with E-state index in [2.05, 4.69) is 0 Å². The smallest absolute Gasteiger partial charge is 0.337 e. The highest BCUT2D eigenvalue weighted by atomic mass is 35.5. The lowest BCUT2D eigenvalue weighted by atomic mass is 10.2. The van der Waals surface area contributed by atoms with E-state index < -0.39 is 5.97 Å². The van der Waals surface area contributed by atoms with E-state index in [9.17, 15) is 4.79 Å². The zero-order valence-corrected chi connectivity index (χ0v) is 8.36. The summed E-state index contributed by atoms with van der Waals surface area (Å²) in [6, 6.07) is 2.65. The molecule has 0 saturated carbocycles. The molecule has 0 aromatic heterocycles. The number of halogens is 2. The van der Waals surface area contributed by atoms with Crippen LogP contribution in [0.1, 0.15) is 10.4 Å². The van der Waals surface area contributed by atoms with Crippen LogP contribution in [-0.4, -0.2) is 11.1 Å². The molecule has 1 rings (SSSR count). The molecule has 0 fully saturated rings. The van der Waals surface area contributed by atoms with Crippen molar-refractivity contribution in [2.45, 2.75) is 0 Å². The number of rotatable bonds is 1. The Morgan fingerprint density at radius 2 is 1.92 bits per heavy atom. The molecule has 6 heteroatoms. The second kappa shape index (κ2) is 4.32. The van der Waals surface area contributed by atoms with Gasteiger partial charge in [-0.3, -0.25) is 0 Å². The highest BCUT2D eigenvalue weighted by Gasteiger charge is 2.11. The van der Waals surface area contributed by atoms with Crippen molar-refractivity contribution in [3.8, 4) is 0 Å². The average Bonchev–Trinajstić information content (AvgIpc) is 1.96. The van der Waals surface area contributed by atoms with Crippen molar-refractivity contribution >= 4 is 34.9 Å². The molecular weight excluding hydrogens is 215 g/mol. The van der Waals surface area contributed by atoms with Crippen molar-refractivity contribution in [3.05, 3.63) is 27.7 Å². The van der Waals surface area contributed by atoms with Crippen molar-refractivity contribution < 1.29 is 9.90 Å². The first kappa shape index (κ1) is 12.0.